The standard InChI is InChI=1S/2C2H6.2H3O3PSe/c2*1-2;2*1-4(2,3)5/h2*1-2H3;2*(H3,1,2,3,5). The van der Waals surface area contributed by atoms with Gasteiger partial charge in [-0.2, -0.15) is 0 Å². The molecule has 0 radical (unpaired) electrons. The van der Waals surface area contributed by atoms with Crippen LogP contribution in [0.4, 0.5) is 0 Å². The Bertz CT molecular complexity index is 138. The zero-order valence-corrected chi connectivity index (χ0v) is 13.6. The number of hydrogen-bond donors (Lipinski definition) is 6. The Morgan fingerprint density at radius 1 is 0.571 bits per heavy atom. The van der Waals surface area contributed by atoms with Crippen LogP contribution in [0.1, 0.15) is 27.7 Å². The zero-order valence-electron chi connectivity index (χ0n) is 8.39. The van der Waals surface area contributed by atoms with E-state index in [4.69, 9.17) is 29.4 Å². The third kappa shape index (κ3) is 795. The molecule has 0 spiro atoms. The first-order chi connectivity index (χ1) is 6.00. The van der Waals surface area contributed by atoms with Gasteiger partial charge in [0.1, 0.15) is 0 Å². The predicted molar refractivity (Wildman–Crippen MR) is 61.4 cm³/mol. The van der Waals surface area contributed by atoms with Crippen LogP contribution in [0.3, 0.4) is 0 Å². The molecule has 0 aliphatic rings. The van der Waals surface area contributed by atoms with Crippen LogP contribution >= 0.6 is 12.4 Å². The summed E-state index contributed by atoms with van der Waals surface area (Å²) in [6, 6.07) is 0. The molecule has 0 aliphatic heterocycles. The van der Waals surface area contributed by atoms with Gasteiger partial charge in [-0.15, -0.1) is 0 Å². The molecule has 0 heterocycles. The van der Waals surface area contributed by atoms with Gasteiger partial charge < -0.3 is 0 Å². The van der Waals surface area contributed by atoms with Gasteiger partial charge >= 0.3 is 71.9 Å². The molecule has 0 amide bonds. The normalized spacial score (nSPS) is 9.29. The molecule has 0 unspecified atom stereocenters. The van der Waals surface area contributed by atoms with Crippen LogP contribution in [0.15, 0.2) is 0 Å². The fraction of sp³-hybridized carbons (Fsp3) is 1.00. The Hall–Kier alpha value is 1.66. The zero-order chi connectivity index (χ0) is 13.0. The van der Waals surface area contributed by atoms with Crippen LogP contribution in [0.2, 0.25) is 0 Å². The molecule has 0 aliphatic carbocycles. The van der Waals surface area contributed by atoms with E-state index in [2.05, 4.69) is 0 Å². The molecule has 0 aromatic heterocycles. The van der Waals surface area contributed by atoms with Crippen molar-refractivity contribution in [2.75, 3.05) is 0 Å². The molecular weight excluding hydrogens is 364 g/mol. The van der Waals surface area contributed by atoms with Gasteiger partial charge in [0.15, 0.2) is 0 Å². The summed E-state index contributed by atoms with van der Waals surface area (Å²) in [5.41, 5.74) is 0. The quantitative estimate of drug-likeness (QED) is 0.252. The number of hydrogen-bond acceptors (Lipinski definition) is 6. The fourth-order valence-corrected chi connectivity index (χ4v) is 0. The summed E-state index contributed by atoms with van der Waals surface area (Å²) in [6.45, 7) is 8.00. The molecule has 0 saturated carbocycles. The van der Waals surface area contributed by atoms with E-state index < -0.39 is 12.4 Å². The molecule has 10 heteroatoms. The van der Waals surface area contributed by atoms with Crippen molar-refractivity contribution in [3.8, 4) is 0 Å². The average molecular weight is 382 g/mol. The Morgan fingerprint density at radius 2 is 0.571 bits per heavy atom. The van der Waals surface area contributed by atoms with Gasteiger partial charge in [-0.1, -0.05) is 27.7 Å². The van der Waals surface area contributed by atoms with E-state index in [1.165, 1.54) is 0 Å². The summed E-state index contributed by atoms with van der Waals surface area (Å²) >= 11 is 3.51. The van der Waals surface area contributed by atoms with Crippen molar-refractivity contribution in [2.45, 2.75) is 27.7 Å². The second kappa shape index (κ2) is 14.7. The fourth-order valence-electron chi connectivity index (χ4n) is 0. The van der Waals surface area contributed by atoms with Crippen LogP contribution in [0, 0.1) is 0 Å². The van der Waals surface area contributed by atoms with E-state index in [0.29, 0.717) is 0 Å². The van der Waals surface area contributed by atoms with E-state index in [1.807, 2.05) is 27.7 Å². The molecule has 0 aromatic carbocycles. The van der Waals surface area contributed by atoms with Gasteiger partial charge in [-0.05, 0) is 0 Å². The van der Waals surface area contributed by atoms with Gasteiger partial charge in [0, 0.05) is 0 Å². The minimum absolute atomic E-state index is 1.76. The topological polar surface area (TPSA) is 121 Å². The molecule has 0 aromatic rings. The third-order valence-corrected chi connectivity index (χ3v) is 0. The van der Waals surface area contributed by atoms with Gasteiger partial charge in [-0.25, -0.2) is 0 Å². The van der Waals surface area contributed by atoms with Crippen molar-refractivity contribution in [2.24, 2.45) is 0 Å². The van der Waals surface area contributed by atoms with Crippen LogP contribution in [-0.4, -0.2) is 59.6 Å². The Morgan fingerprint density at radius 3 is 0.571 bits per heavy atom. The second-order valence-corrected chi connectivity index (χ2v) is 9.25. The molecular formula is C4H18O6P2Se2. The maximum atomic E-state index is 7.69. The first-order valence-corrected chi connectivity index (χ1v) is 11.3. The summed E-state index contributed by atoms with van der Waals surface area (Å²) in [7, 11) is 0. The molecule has 0 bridgehead atoms. The minimum atomic E-state index is -3.51. The average Bonchev–Trinajstić information content (AvgIpc) is 1.88. The van der Waals surface area contributed by atoms with Crippen LogP contribution < -0.4 is 0 Å². The first kappa shape index (κ1) is 24.8. The molecule has 14 heavy (non-hydrogen) atoms. The van der Waals surface area contributed by atoms with Gasteiger partial charge in [0.25, 0.3) is 0 Å². The van der Waals surface area contributed by atoms with Crippen LogP contribution in [-0.2, 0) is 0 Å². The Labute approximate surface area is 99.6 Å². The van der Waals surface area contributed by atoms with Gasteiger partial charge in [0.05, 0.1) is 0 Å². The molecule has 6 N–H and O–H groups in total. The summed E-state index contributed by atoms with van der Waals surface area (Å²) in [6.07, 6.45) is -7.03. The van der Waals surface area contributed by atoms with Crippen molar-refractivity contribution in [1.82, 2.24) is 0 Å². The van der Waals surface area contributed by atoms with E-state index in [1.54, 1.807) is 30.2 Å². The maximum absolute atomic E-state index is 7.69. The summed E-state index contributed by atoms with van der Waals surface area (Å²) in [5.74, 6) is 0. The monoisotopic (exact) mass is 384 g/mol. The van der Waals surface area contributed by atoms with Crippen molar-refractivity contribution >= 4 is 42.6 Å². The predicted octanol–water partition coefficient (Wildman–Crippen LogP) is -0.329. The summed E-state index contributed by atoms with van der Waals surface area (Å²) in [5, 5.41) is 0. The third-order valence-electron chi connectivity index (χ3n) is 0. The van der Waals surface area contributed by atoms with E-state index in [0.717, 1.165) is 0 Å². The second-order valence-electron chi connectivity index (χ2n) is 1.03. The van der Waals surface area contributed by atoms with Crippen molar-refractivity contribution in [3.63, 3.8) is 0 Å². The van der Waals surface area contributed by atoms with Crippen molar-refractivity contribution in [3.05, 3.63) is 0 Å². The molecule has 0 atom stereocenters. The first-order valence-electron chi connectivity index (χ1n) is 3.57. The molecule has 0 rings (SSSR count). The molecule has 0 saturated heterocycles. The van der Waals surface area contributed by atoms with Crippen molar-refractivity contribution in [1.29, 1.82) is 0 Å². The molecule has 0 fully saturated rings. The number of rotatable bonds is 0. The van der Waals surface area contributed by atoms with Gasteiger partial charge in [0.2, 0.25) is 0 Å². The molecule has 92 valence electrons. The SMILES string of the molecule is CC.CC.OP(O)(O)=[Se].OP(O)(O)=[Se]. The van der Waals surface area contributed by atoms with Crippen LogP contribution in [0.25, 0.3) is 0 Å². The van der Waals surface area contributed by atoms with E-state index in [9.17, 15) is 0 Å². The van der Waals surface area contributed by atoms with Crippen molar-refractivity contribution < 1.29 is 29.4 Å². The van der Waals surface area contributed by atoms with E-state index in [-0.39, 0.29) is 0 Å². The Balaban J connectivity index is -0.0000000528. The summed E-state index contributed by atoms with van der Waals surface area (Å²) < 4.78 is 0. The Kier molecular flexibility index (Phi) is 25.9. The van der Waals surface area contributed by atoms with E-state index >= 15 is 0 Å². The molecule has 6 nitrogen and oxygen atoms in total. The van der Waals surface area contributed by atoms with Crippen LogP contribution in [0.5, 0.6) is 0 Å². The van der Waals surface area contributed by atoms with Gasteiger partial charge in [-0.3, -0.25) is 0 Å². The summed E-state index contributed by atoms with van der Waals surface area (Å²) in [4.78, 5) is 46.1.